The molecule has 1 unspecified atom stereocenters. The van der Waals surface area contributed by atoms with Crippen LogP contribution in [0.15, 0.2) is 24.3 Å². The molecule has 5 heteroatoms. The highest BCUT2D eigenvalue weighted by molar-refractivity contribution is 5.50. The third-order valence-electron chi connectivity index (χ3n) is 5.77. The Hall–Kier alpha value is -2.01. The van der Waals surface area contributed by atoms with Crippen LogP contribution in [0.2, 0.25) is 0 Å². The zero-order valence-corrected chi connectivity index (χ0v) is 15.3. The van der Waals surface area contributed by atoms with Gasteiger partial charge in [0.25, 0.3) is 0 Å². The summed E-state index contributed by atoms with van der Waals surface area (Å²) in [4.78, 5) is 11.8. The van der Waals surface area contributed by atoms with Gasteiger partial charge in [0.1, 0.15) is 17.5 Å². The number of hydrogen-bond donors (Lipinski definition) is 1. The van der Waals surface area contributed by atoms with E-state index in [0.29, 0.717) is 0 Å². The summed E-state index contributed by atoms with van der Waals surface area (Å²) in [5.74, 6) is 1.91. The van der Waals surface area contributed by atoms with Crippen LogP contribution in [0.3, 0.4) is 0 Å². The maximum Gasteiger partial charge on any atom is 0.135 e. The number of aromatic nitrogens is 2. The number of aliphatic hydroxyl groups is 1. The number of anilines is 1. The number of rotatable bonds is 3. The molecule has 26 heavy (non-hydrogen) atoms. The zero-order valence-electron chi connectivity index (χ0n) is 15.3. The summed E-state index contributed by atoms with van der Waals surface area (Å²) in [7, 11) is 0. The first kappa shape index (κ1) is 17.4. The van der Waals surface area contributed by atoms with E-state index < -0.39 is 6.10 Å². The summed E-state index contributed by atoms with van der Waals surface area (Å²) in [5.41, 5.74) is 3.37. The Bertz CT molecular complexity index is 770. The van der Waals surface area contributed by atoms with Crippen molar-refractivity contribution in [2.24, 2.45) is 5.92 Å². The predicted octanol–water partition coefficient (Wildman–Crippen LogP) is 3.75. The molecule has 0 bridgehead atoms. The lowest BCUT2D eigenvalue weighted by molar-refractivity contribution is 0.0928. The summed E-state index contributed by atoms with van der Waals surface area (Å²) < 4.78 is 13.1. The van der Waals surface area contributed by atoms with E-state index >= 15 is 0 Å². The SMILES string of the molecule is Cc1nc2c(c(N3CCC(C(O)c4ccc(F)cc4)CC3)n1)CCCC2. The van der Waals surface area contributed by atoms with Crippen molar-refractivity contribution < 1.29 is 9.50 Å². The van der Waals surface area contributed by atoms with Crippen molar-refractivity contribution in [1.29, 1.82) is 0 Å². The second-order valence-electron chi connectivity index (χ2n) is 7.55. The normalized spacial score (nSPS) is 19.3. The summed E-state index contributed by atoms with van der Waals surface area (Å²) in [5, 5.41) is 10.7. The number of benzene rings is 1. The van der Waals surface area contributed by atoms with Crippen LogP contribution >= 0.6 is 0 Å². The smallest absolute Gasteiger partial charge is 0.135 e. The van der Waals surface area contributed by atoms with Crippen LogP contribution in [0.1, 0.15) is 54.4 Å². The molecular formula is C21H26FN3O. The molecule has 2 aromatic rings. The Kier molecular flexibility index (Phi) is 4.90. The molecule has 138 valence electrons. The number of nitrogens with zero attached hydrogens (tertiary/aromatic N) is 3. The number of aryl methyl sites for hydroxylation is 2. The van der Waals surface area contributed by atoms with Gasteiger partial charge in [-0.1, -0.05) is 12.1 Å². The van der Waals surface area contributed by atoms with E-state index in [-0.39, 0.29) is 11.7 Å². The van der Waals surface area contributed by atoms with Crippen molar-refractivity contribution >= 4 is 5.82 Å². The van der Waals surface area contributed by atoms with Gasteiger partial charge in [0.15, 0.2) is 0 Å². The van der Waals surface area contributed by atoms with Crippen molar-refractivity contribution in [3.8, 4) is 0 Å². The Morgan fingerprint density at radius 1 is 1.08 bits per heavy atom. The fourth-order valence-electron chi connectivity index (χ4n) is 4.32. The van der Waals surface area contributed by atoms with Crippen molar-refractivity contribution in [3.05, 3.63) is 52.7 Å². The van der Waals surface area contributed by atoms with Crippen LogP contribution in [0.25, 0.3) is 0 Å². The molecule has 1 aromatic carbocycles. The molecule has 1 saturated heterocycles. The quantitative estimate of drug-likeness (QED) is 0.911. The number of aliphatic hydroxyl groups excluding tert-OH is 1. The van der Waals surface area contributed by atoms with Gasteiger partial charge in [-0.3, -0.25) is 0 Å². The maximum absolute atomic E-state index is 13.1. The molecule has 1 aliphatic carbocycles. The third-order valence-corrected chi connectivity index (χ3v) is 5.77. The third kappa shape index (κ3) is 3.45. The second kappa shape index (κ2) is 7.31. The average molecular weight is 355 g/mol. The molecule has 1 fully saturated rings. The molecule has 0 amide bonds. The van der Waals surface area contributed by atoms with Gasteiger partial charge in [0, 0.05) is 24.3 Å². The highest BCUT2D eigenvalue weighted by Gasteiger charge is 2.29. The van der Waals surface area contributed by atoms with Crippen molar-refractivity contribution in [2.45, 2.75) is 51.6 Å². The highest BCUT2D eigenvalue weighted by atomic mass is 19.1. The van der Waals surface area contributed by atoms with E-state index in [2.05, 4.69) is 9.88 Å². The standard InChI is InChI=1S/C21H26FN3O/c1-14-23-19-5-3-2-4-18(19)21(24-14)25-12-10-16(11-13-25)20(26)15-6-8-17(22)9-7-15/h6-9,16,20,26H,2-5,10-13H2,1H3. The van der Waals surface area contributed by atoms with E-state index in [1.54, 1.807) is 12.1 Å². The van der Waals surface area contributed by atoms with Crippen LogP contribution in [0.4, 0.5) is 10.2 Å². The van der Waals surface area contributed by atoms with Gasteiger partial charge in [0.2, 0.25) is 0 Å². The first-order valence-corrected chi connectivity index (χ1v) is 9.66. The molecule has 1 aromatic heterocycles. The molecule has 0 radical (unpaired) electrons. The molecule has 1 aliphatic heterocycles. The highest BCUT2D eigenvalue weighted by Crippen LogP contribution is 2.34. The van der Waals surface area contributed by atoms with Crippen LogP contribution in [-0.4, -0.2) is 28.2 Å². The molecule has 2 heterocycles. The lowest BCUT2D eigenvalue weighted by atomic mass is 9.87. The number of piperidine rings is 1. The lowest BCUT2D eigenvalue weighted by Gasteiger charge is -2.36. The van der Waals surface area contributed by atoms with Crippen LogP contribution in [0.5, 0.6) is 0 Å². The maximum atomic E-state index is 13.1. The van der Waals surface area contributed by atoms with Gasteiger partial charge in [-0.2, -0.15) is 0 Å². The van der Waals surface area contributed by atoms with Crippen LogP contribution in [-0.2, 0) is 12.8 Å². The van der Waals surface area contributed by atoms with E-state index in [1.165, 1.54) is 36.2 Å². The topological polar surface area (TPSA) is 49.2 Å². The van der Waals surface area contributed by atoms with Crippen molar-refractivity contribution in [2.75, 3.05) is 18.0 Å². The number of halogens is 1. The van der Waals surface area contributed by atoms with Gasteiger partial charge < -0.3 is 10.0 Å². The monoisotopic (exact) mass is 355 g/mol. The molecular weight excluding hydrogens is 329 g/mol. The van der Waals surface area contributed by atoms with Gasteiger partial charge in [0.05, 0.1) is 6.10 Å². The molecule has 0 saturated carbocycles. The number of fused-ring (bicyclic) bond motifs is 1. The minimum absolute atomic E-state index is 0.204. The Balaban J connectivity index is 1.47. The lowest BCUT2D eigenvalue weighted by Crippen LogP contribution is -2.37. The van der Waals surface area contributed by atoms with Crippen LogP contribution in [0, 0.1) is 18.7 Å². The molecule has 4 nitrogen and oxygen atoms in total. The fourth-order valence-corrected chi connectivity index (χ4v) is 4.32. The average Bonchev–Trinajstić information content (AvgIpc) is 2.67. The Morgan fingerprint density at radius 2 is 1.77 bits per heavy atom. The minimum atomic E-state index is -0.529. The molecule has 2 aliphatic rings. The summed E-state index contributed by atoms with van der Waals surface area (Å²) in [6.07, 6.45) is 5.86. The summed E-state index contributed by atoms with van der Waals surface area (Å²) in [6, 6.07) is 6.22. The molecule has 1 N–H and O–H groups in total. The predicted molar refractivity (Wildman–Crippen MR) is 99.7 cm³/mol. The van der Waals surface area contributed by atoms with Gasteiger partial charge >= 0.3 is 0 Å². The van der Waals surface area contributed by atoms with Crippen LogP contribution < -0.4 is 4.90 Å². The largest absolute Gasteiger partial charge is 0.388 e. The second-order valence-corrected chi connectivity index (χ2v) is 7.55. The first-order chi connectivity index (χ1) is 12.6. The fraction of sp³-hybridized carbons (Fsp3) is 0.524. The van der Waals surface area contributed by atoms with Crippen molar-refractivity contribution in [1.82, 2.24) is 9.97 Å². The zero-order chi connectivity index (χ0) is 18.1. The number of hydrogen-bond acceptors (Lipinski definition) is 4. The van der Waals surface area contributed by atoms with Gasteiger partial charge in [-0.05, 0) is 69.1 Å². The van der Waals surface area contributed by atoms with Crippen molar-refractivity contribution in [3.63, 3.8) is 0 Å². The molecule has 0 spiro atoms. The Morgan fingerprint density at radius 3 is 2.50 bits per heavy atom. The Labute approximate surface area is 154 Å². The van der Waals surface area contributed by atoms with E-state index in [1.807, 2.05) is 6.92 Å². The van der Waals surface area contributed by atoms with E-state index in [0.717, 1.165) is 56.0 Å². The molecule has 4 rings (SSSR count). The van der Waals surface area contributed by atoms with E-state index in [9.17, 15) is 9.50 Å². The van der Waals surface area contributed by atoms with E-state index in [4.69, 9.17) is 4.98 Å². The first-order valence-electron chi connectivity index (χ1n) is 9.66. The summed E-state index contributed by atoms with van der Waals surface area (Å²) >= 11 is 0. The van der Waals surface area contributed by atoms with Gasteiger partial charge in [-0.15, -0.1) is 0 Å². The van der Waals surface area contributed by atoms with Gasteiger partial charge in [-0.25, -0.2) is 14.4 Å². The minimum Gasteiger partial charge on any atom is -0.388 e. The summed E-state index contributed by atoms with van der Waals surface area (Å²) in [6.45, 7) is 3.76. The molecule has 1 atom stereocenters.